The number of halogens is 2. The van der Waals surface area contributed by atoms with Gasteiger partial charge in [0, 0.05) is 32.8 Å². The summed E-state index contributed by atoms with van der Waals surface area (Å²) >= 11 is 11.8. The van der Waals surface area contributed by atoms with Crippen LogP contribution in [0.3, 0.4) is 0 Å². The number of anilines is 1. The Labute approximate surface area is 125 Å². The number of benzene rings is 2. The maximum atomic E-state index is 12.3. The molecule has 100 valence electrons. The summed E-state index contributed by atoms with van der Waals surface area (Å²) in [6.45, 7) is 0. The van der Waals surface area contributed by atoms with Crippen LogP contribution in [0, 0.1) is 0 Å². The Bertz CT molecular complexity index is 775. The van der Waals surface area contributed by atoms with Crippen molar-refractivity contribution >= 4 is 45.7 Å². The number of hydrogen-bond acceptors (Lipinski definition) is 1. The van der Waals surface area contributed by atoms with E-state index >= 15 is 0 Å². The first-order valence-electron chi connectivity index (χ1n) is 5.97. The highest BCUT2D eigenvalue weighted by Crippen LogP contribution is 2.24. The van der Waals surface area contributed by atoms with Gasteiger partial charge in [0.2, 0.25) is 0 Å². The van der Waals surface area contributed by atoms with E-state index < -0.39 is 0 Å². The van der Waals surface area contributed by atoms with Crippen LogP contribution in [0.1, 0.15) is 10.4 Å². The molecule has 0 saturated carbocycles. The SMILES string of the molecule is O=C(Nc1cc(Cl)cc(Cl)c1)c1c[nH]c2ccccc12. The topological polar surface area (TPSA) is 44.9 Å². The molecule has 1 amide bonds. The van der Waals surface area contributed by atoms with Gasteiger partial charge in [-0.1, -0.05) is 41.4 Å². The van der Waals surface area contributed by atoms with Gasteiger partial charge in [-0.3, -0.25) is 4.79 Å². The maximum Gasteiger partial charge on any atom is 0.257 e. The number of hydrogen-bond donors (Lipinski definition) is 2. The molecule has 2 aromatic carbocycles. The number of nitrogens with one attached hydrogen (secondary N) is 2. The van der Waals surface area contributed by atoms with E-state index in [2.05, 4.69) is 10.3 Å². The molecule has 3 rings (SSSR count). The van der Waals surface area contributed by atoms with Crippen molar-refractivity contribution in [2.24, 2.45) is 0 Å². The van der Waals surface area contributed by atoms with Crippen LogP contribution in [-0.2, 0) is 0 Å². The van der Waals surface area contributed by atoms with Crippen LogP contribution in [0.5, 0.6) is 0 Å². The second kappa shape index (κ2) is 5.19. The van der Waals surface area contributed by atoms with E-state index in [-0.39, 0.29) is 5.91 Å². The Balaban J connectivity index is 1.93. The fourth-order valence-electron chi connectivity index (χ4n) is 2.08. The van der Waals surface area contributed by atoms with Crippen molar-refractivity contribution in [2.75, 3.05) is 5.32 Å². The maximum absolute atomic E-state index is 12.3. The summed E-state index contributed by atoms with van der Waals surface area (Å²) in [6.07, 6.45) is 1.69. The highest BCUT2D eigenvalue weighted by atomic mass is 35.5. The number of aromatic nitrogens is 1. The van der Waals surface area contributed by atoms with E-state index in [0.717, 1.165) is 10.9 Å². The third-order valence-corrected chi connectivity index (χ3v) is 3.39. The fraction of sp³-hybridized carbons (Fsp3) is 0. The second-order valence-corrected chi connectivity index (χ2v) is 5.23. The summed E-state index contributed by atoms with van der Waals surface area (Å²) in [4.78, 5) is 15.4. The molecule has 0 fully saturated rings. The van der Waals surface area contributed by atoms with Crippen molar-refractivity contribution in [1.29, 1.82) is 0 Å². The zero-order valence-electron chi connectivity index (χ0n) is 10.3. The minimum Gasteiger partial charge on any atom is -0.360 e. The third-order valence-electron chi connectivity index (χ3n) is 2.95. The normalized spacial score (nSPS) is 10.7. The minimum absolute atomic E-state index is 0.208. The summed E-state index contributed by atoms with van der Waals surface area (Å²) in [7, 11) is 0. The smallest absolute Gasteiger partial charge is 0.257 e. The lowest BCUT2D eigenvalue weighted by atomic mass is 10.1. The number of para-hydroxylation sites is 1. The second-order valence-electron chi connectivity index (χ2n) is 4.36. The molecule has 1 heterocycles. The first-order valence-corrected chi connectivity index (χ1v) is 6.72. The number of H-pyrrole nitrogens is 1. The van der Waals surface area contributed by atoms with Gasteiger partial charge >= 0.3 is 0 Å². The van der Waals surface area contributed by atoms with Gasteiger partial charge in [-0.15, -0.1) is 0 Å². The zero-order valence-corrected chi connectivity index (χ0v) is 11.8. The Kier molecular flexibility index (Phi) is 3.38. The van der Waals surface area contributed by atoms with Crippen molar-refractivity contribution in [3.8, 4) is 0 Å². The van der Waals surface area contributed by atoms with Gasteiger partial charge in [-0.05, 0) is 24.3 Å². The Morgan fingerprint density at radius 3 is 2.50 bits per heavy atom. The minimum atomic E-state index is -0.208. The Morgan fingerprint density at radius 2 is 1.75 bits per heavy atom. The van der Waals surface area contributed by atoms with Gasteiger partial charge in [0.1, 0.15) is 0 Å². The number of carbonyl (C=O) groups excluding carboxylic acids is 1. The molecule has 20 heavy (non-hydrogen) atoms. The van der Waals surface area contributed by atoms with Crippen molar-refractivity contribution in [1.82, 2.24) is 4.98 Å². The standard InChI is InChI=1S/C15H10Cl2N2O/c16-9-5-10(17)7-11(6-9)19-15(20)13-8-18-14-4-2-1-3-12(13)14/h1-8,18H,(H,19,20). The molecular weight excluding hydrogens is 295 g/mol. The first-order chi connectivity index (χ1) is 9.63. The molecule has 0 unspecified atom stereocenters. The summed E-state index contributed by atoms with van der Waals surface area (Å²) in [5.41, 5.74) is 2.07. The van der Waals surface area contributed by atoms with E-state index in [4.69, 9.17) is 23.2 Å². The van der Waals surface area contributed by atoms with Crippen LogP contribution in [0.2, 0.25) is 10.0 Å². The van der Waals surface area contributed by atoms with Crippen molar-refractivity contribution < 1.29 is 4.79 Å². The summed E-state index contributed by atoms with van der Waals surface area (Å²) in [6, 6.07) is 12.5. The van der Waals surface area contributed by atoms with Crippen LogP contribution >= 0.6 is 23.2 Å². The lowest BCUT2D eigenvalue weighted by molar-refractivity contribution is 0.102. The van der Waals surface area contributed by atoms with Crippen LogP contribution in [-0.4, -0.2) is 10.9 Å². The van der Waals surface area contributed by atoms with E-state index in [9.17, 15) is 4.79 Å². The molecule has 0 aliphatic carbocycles. The average Bonchev–Trinajstić information content (AvgIpc) is 2.81. The van der Waals surface area contributed by atoms with Gasteiger partial charge in [-0.25, -0.2) is 0 Å². The number of amides is 1. The van der Waals surface area contributed by atoms with E-state index in [1.165, 1.54) is 0 Å². The molecule has 0 saturated heterocycles. The molecule has 3 nitrogen and oxygen atoms in total. The number of aromatic amines is 1. The summed E-state index contributed by atoms with van der Waals surface area (Å²) in [5, 5.41) is 4.62. The Hall–Kier alpha value is -1.97. The average molecular weight is 305 g/mol. The predicted octanol–water partition coefficient (Wildman–Crippen LogP) is 4.73. The van der Waals surface area contributed by atoms with Gasteiger partial charge in [-0.2, -0.15) is 0 Å². The number of carbonyl (C=O) groups is 1. The zero-order chi connectivity index (χ0) is 14.1. The molecule has 0 bridgehead atoms. The Morgan fingerprint density at radius 1 is 1.05 bits per heavy atom. The highest BCUT2D eigenvalue weighted by Gasteiger charge is 2.12. The monoisotopic (exact) mass is 304 g/mol. The highest BCUT2D eigenvalue weighted by molar-refractivity contribution is 6.35. The fourth-order valence-corrected chi connectivity index (χ4v) is 2.61. The predicted molar refractivity (Wildman–Crippen MR) is 82.7 cm³/mol. The van der Waals surface area contributed by atoms with Crippen molar-refractivity contribution in [3.63, 3.8) is 0 Å². The summed E-state index contributed by atoms with van der Waals surface area (Å²) < 4.78 is 0. The molecule has 0 radical (unpaired) electrons. The molecule has 2 N–H and O–H groups in total. The van der Waals surface area contributed by atoms with Crippen molar-refractivity contribution in [3.05, 3.63) is 64.3 Å². The molecule has 0 spiro atoms. The van der Waals surface area contributed by atoms with Gasteiger partial charge in [0.25, 0.3) is 5.91 Å². The first kappa shape index (κ1) is 13.0. The van der Waals surface area contributed by atoms with Crippen molar-refractivity contribution in [2.45, 2.75) is 0 Å². The van der Waals surface area contributed by atoms with Crippen LogP contribution < -0.4 is 5.32 Å². The molecule has 0 aliphatic rings. The third kappa shape index (κ3) is 2.50. The lowest BCUT2D eigenvalue weighted by Gasteiger charge is -2.05. The van der Waals surface area contributed by atoms with E-state index in [1.54, 1.807) is 24.4 Å². The number of rotatable bonds is 2. The van der Waals surface area contributed by atoms with Gasteiger partial charge in [0.05, 0.1) is 5.56 Å². The van der Waals surface area contributed by atoms with Crippen LogP contribution in [0.15, 0.2) is 48.7 Å². The lowest BCUT2D eigenvalue weighted by Crippen LogP contribution is -2.11. The van der Waals surface area contributed by atoms with E-state index in [1.807, 2.05) is 24.3 Å². The van der Waals surface area contributed by atoms with Gasteiger partial charge in [0.15, 0.2) is 0 Å². The molecule has 0 aliphatic heterocycles. The molecule has 0 atom stereocenters. The number of fused-ring (bicyclic) bond motifs is 1. The molecule has 1 aromatic heterocycles. The largest absolute Gasteiger partial charge is 0.360 e. The molecule has 3 aromatic rings. The summed E-state index contributed by atoms with van der Waals surface area (Å²) in [5.74, 6) is -0.208. The molecular formula is C15H10Cl2N2O. The quantitative estimate of drug-likeness (QED) is 0.706. The molecule has 5 heteroatoms. The van der Waals surface area contributed by atoms with Crippen LogP contribution in [0.25, 0.3) is 10.9 Å². The van der Waals surface area contributed by atoms with Crippen LogP contribution in [0.4, 0.5) is 5.69 Å². The van der Waals surface area contributed by atoms with Gasteiger partial charge < -0.3 is 10.3 Å². The van der Waals surface area contributed by atoms with E-state index in [0.29, 0.717) is 21.3 Å².